The summed E-state index contributed by atoms with van der Waals surface area (Å²) in [6.45, 7) is 7.28. The molecule has 1 atom stereocenters. The standard InChI is InChI=1S/C20H25N3O2/c1-15-5-6-18(16(2)10-15)19-13-23(8-9-25-19)14-20(24)22-12-17-4-3-7-21-11-17/h3-7,10-11,19H,8-9,12-14H2,1-2H3,(H,22,24)/t19-/m0/s1. The van der Waals surface area contributed by atoms with Crippen LogP contribution < -0.4 is 5.32 Å². The highest BCUT2D eigenvalue weighted by atomic mass is 16.5. The number of nitrogens with zero attached hydrogens (tertiary/aromatic N) is 2. The van der Waals surface area contributed by atoms with E-state index < -0.39 is 0 Å². The molecule has 5 nitrogen and oxygen atoms in total. The van der Waals surface area contributed by atoms with Gasteiger partial charge in [-0.15, -0.1) is 0 Å². The predicted molar refractivity (Wildman–Crippen MR) is 97.1 cm³/mol. The number of morpholine rings is 1. The van der Waals surface area contributed by atoms with Crippen LogP contribution in [0, 0.1) is 13.8 Å². The van der Waals surface area contributed by atoms with Crippen molar-refractivity contribution in [2.75, 3.05) is 26.2 Å². The van der Waals surface area contributed by atoms with E-state index in [1.807, 2.05) is 12.1 Å². The van der Waals surface area contributed by atoms with Crippen molar-refractivity contribution >= 4 is 5.91 Å². The second-order valence-electron chi connectivity index (χ2n) is 6.59. The summed E-state index contributed by atoms with van der Waals surface area (Å²) in [6.07, 6.45) is 3.53. The maximum Gasteiger partial charge on any atom is 0.234 e. The molecule has 0 spiro atoms. The lowest BCUT2D eigenvalue weighted by atomic mass is 10.00. The van der Waals surface area contributed by atoms with Gasteiger partial charge in [0, 0.05) is 32.0 Å². The summed E-state index contributed by atoms with van der Waals surface area (Å²) in [5, 5.41) is 2.96. The van der Waals surface area contributed by atoms with E-state index in [9.17, 15) is 4.79 Å². The van der Waals surface area contributed by atoms with Gasteiger partial charge in [-0.3, -0.25) is 14.7 Å². The average Bonchev–Trinajstić information content (AvgIpc) is 2.61. The number of amides is 1. The molecule has 1 N–H and O–H groups in total. The molecule has 1 saturated heterocycles. The third-order valence-corrected chi connectivity index (χ3v) is 4.50. The Labute approximate surface area is 149 Å². The Morgan fingerprint density at radius 2 is 2.24 bits per heavy atom. The van der Waals surface area contributed by atoms with Gasteiger partial charge >= 0.3 is 0 Å². The van der Waals surface area contributed by atoms with Crippen molar-refractivity contribution in [3.63, 3.8) is 0 Å². The van der Waals surface area contributed by atoms with Crippen LogP contribution in [0.5, 0.6) is 0 Å². The zero-order chi connectivity index (χ0) is 17.6. The molecular formula is C20H25N3O2. The maximum atomic E-state index is 12.2. The molecule has 1 aromatic carbocycles. The lowest BCUT2D eigenvalue weighted by molar-refractivity contribution is -0.124. The van der Waals surface area contributed by atoms with E-state index in [0.717, 1.165) is 18.7 Å². The van der Waals surface area contributed by atoms with Gasteiger partial charge in [0.05, 0.1) is 19.3 Å². The van der Waals surface area contributed by atoms with Gasteiger partial charge in [-0.25, -0.2) is 0 Å². The molecule has 1 aromatic heterocycles. The highest BCUT2D eigenvalue weighted by Gasteiger charge is 2.24. The zero-order valence-corrected chi connectivity index (χ0v) is 14.9. The molecule has 2 heterocycles. The van der Waals surface area contributed by atoms with Crippen LogP contribution >= 0.6 is 0 Å². The van der Waals surface area contributed by atoms with Crippen molar-refractivity contribution in [3.05, 3.63) is 65.0 Å². The number of hydrogen-bond donors (Lipinski definition) is 1. The summed E-state index contributed by atoms with van der Waals surface area (Å²) < 4.78 is 5.94. The molecule has 5 heteroatoms. The molecule has 1 aliphatic rings. The Kier molecular flexibility index (Phi) is 5.79. The van der Waals surface area contributed by atoms with Crippen molar-refractivity contribution in [1.29, 1.82) is 0 Å². The van der Waals surface area contributed by atoms with Gasteiger partial charge in [0.1, 0.15) is 0 Å². The molecule has 25 heavy (non-hydrogen) atoms. The number of rotatable bonds is 5. The van der Waals surface area contributed by atoms with Crippen LogP contribution in [-0.2, 0) is 16.1 Å². The van der Waals surface area contributed by atoms with E-state index >= 15 is 0 Å². The van der Waals surface area contributed by atoms with Crippen LogP contribution in [0.25, 0.3) is 0 Å². The van der Waals surface area contributed by atoms with Crippen molar-refractivity contribution < 1.29 is 9.53 Å². The summed E-state index contributed by atoms with van der Waals surface area (Å²) >= 11 is 0. The fraction of sp³-hybridized carbons (Fsp3) is 0.400. The summed E-state index contributed by atoms with van der Waals surface area (Å²) in [6, 6.07) is 10.3. The van der Waals surface area contributed by atoms with Crippen LogP contribution in [0.15, 0.2) is 42.7 Å². The van der Waals surface area contributed by atoms with E-state index in [0.29, 0.717) is 19.7 Å². The van der Waals surface area contributed by atoms with Crippen LogP contribution in [0.2, 0.25) is 0 Å². The van der Waals surface area contributed by atoms with Gasteiger partial charge < -0.3 is 10.1 Å². The van der Waals surface area contributed by atoms with E-state index in [-0.39, 0.29) is 12.0 Å². The third kappa shape index (κ3) is 4.87. The molecule has 3 rings (SSSR count). The van der Waals surface area contributed by atoms with Crippen LogP contribution in [-0.4, -0.2) is 42.0 Å². The summed E-state index contributed by atoms with van der Waals surface area (Å²) in [7, 11) is 0. The van der Waals surface area contributed by atoms with Crippen molar-refractivity contribution in [1.82, 2.24) is 15.2 Å². The van der Waals surface area contributed by atoms with Crippen LogP contribution in [0.1, 0.15) is 28.4 Å². The van der Waals surface area contributed by atoms with Crippen molar-refractivity contribution in [3.8, 4) is 0 Å². The number of nitrogens with one attached hydrogen (secondary N) is 1. The lowest BCUT2D eigenvalue weighted by Gasteiger charge is -2.33. The van der Waals surface area contributed by atoms with Crippen molar-refractivity contribution in [2.45, 2.75) is 26.5 Å². The first-order valence-electron chi connectivity index (χ1n) is 8.68. The summed E-state index contributed by atoms with van der Waals surface area (Å²) in [5.41, 5.74) is 4.72. The normalized spacial score (nSPS) is 18.1. The Balaban J connectivity index is 1.53. The number of aryl methyl sites for hydroxylation is 2. The monoisotopic (exact) mass is 339 g/mol. The minimum atomic E-state index is 0.0282. The second kappa shape index (κ2) is 8.23. The number of aromatic nitrogens is 1. The Bertz CT molecular complexity index is 718. The first kappa shape index (κ1) is 17.6. The SMILES string of the molecule is Cc1ccc([C@@H]2CN(CC(=O)NCc3cccnc3)CCO2)c(C)c1. The molecule has 1 aliphatic heterocycles. The van der Waals surface area contributed by atoms with E-state index in [2.05, 4.69) is 47.2 Å². The zero-order valence-electron chi connectivity index (χ0n) is 14.9. The number of carbonyl (C=O) groups is 1. The first-order valence-corrected chi connectivity index (χ1v) is 8.68. The molecule has 0 unspecified atom stereocenters. The lowest BCUT2D eigenvalue weighted by Crippen LogP contribution is -2.44. The summed E-state index contributed by atoms with van der Waals surface area (Å²) in [4.78, 5) is 18.4. The highest BCUT2D eigenvalue weighted by Crippen LogP contribution is 2.25. The van der Waals surface area contributed by atoms with Gasteiger partial charge in [-0.1, -0.05) is 29.8 Å². The number of ether oxygens (including phenoxy) is 1. The Morgan fingerprint density at radius 3 is 3.00 bits per heavy atom. The van der Waals surface area contributed by atoms with Gasteiger partial charge in [0.2, 0.25) is 5.91 Å². The first-order chi connectivity index (χ1) is 12.1. The minimum absolute atomic E-state index is 0.0282. The third-order valence-electron chi connectivity index (χ3n) is 4.50. The quantitative estimate of drug-likeness (QED) is 0.909. The number of benzene rings is 1. The fourth-order valence-electron chi connectivity index (χ4n) is 3.18. The highest BCUT2D eigenvalue weighted by molar-refractivity contribution is 5.78. The van der Waals surface area contributed by atoms with Gasteiger partial charge in [-0.2, -0.15) is 0 Å². The minimum Gasteiger partial charge on any atom is -0.371 e. The molecule has 132 valence electrons. The van der Waals surface area contributed by atoms with Crippen molar-refractivity contribution in [2.24, 2.45) is 0 Å². The molecule has 0 aliphatic carbocycles. The second-order valence-corrected chi connectivity index (χ2v) is 6.59. The number of hydrogen-bond acceptors (Lipinski definition) is 4. The van der Waals surface area contributed by atoms with Gasteiger partial charge in [-0.05, 0) is 36.6 Å². The molecule has 1 fully saturated rings. The van der Waals surface area contributed by atoms with Crippen LogP contribution in [0.3, 0.4) is 0 Å². The molecular weight excluding hydrogens is 314 g/mol. The topological polar surface area (TPSA) is 54.5 Å². The largest absolute Gasteiger partial charge is 0.371 e. The number of carbonyl (C=O) groups excluding carboxylic acids is 1. The van der Waals surface area contributed by atoms with E-state index in [1.54, 1.807) is 12.4 Å². The van der Waals surface area contributed by atoms with Gasteiger partial charge in [0.25, 0.3) is 0 Å². The van der Waals surface area contributed by atoms with Crippen LogP contribution in [0.4, 0.5) is 0 Å². The molecule has 0 bridgehead atoms. The predicted octanol–water partition coefficient (Wildman–Crippen LogP) is 2.39. The maximum absolute atomic E-state index is 12.2. The average molecular weight is 339 g/mol. The smallest absolute Gasteiger partial charge is 0.234 e. The van der Waals surface area contributed by atoms with E-state index in [1.165, 1.54) is 16.7 Å². The number of pyridine rings is 1. The molecule has 1 amide bonds. The van der Waals surface area contributed by atoms with Gasteiger partial charge in [0.15, 0.2) is 0 Å². The fourth-order valence-corrected chi connectivity index (χ4v) is 3.18. The van der Waals surface area contributed by atoms with E-state index in [4.69, 9.17) is 4.74 Å². The molecule has 2 aromatic rings. The Hall–Kier alpha value is -2.24. The Morgan fingerprint density at radius 1 is 1.36 bits per heavy atom. The molecule has 0 saturated carbocycles. The summed E-state index contributed by atoms with van der Waals surface area (Å²) in [5.74, 6) is 0.0325. The molecule has 0 radical (unpaired) electrons.